The van der Waals surface area contributed by atoms with Crippen molar-refractivity contribution in [2.24, 2.45) is 11.8 Å². The highest BCUT2D eigenvalue weighted by molar-refractivity contribution is 4.72. The lowest BCUT2D eigenvalue weighted by Gasteiger charge is -2.22. The fraction of sp³-hybridized carbons (Fsp3) is 1.00. The second-order valence-electron chi connectivity index (χ2n) is 5.81. The van der Waals surface area contributed by atoms with Crippen LogP contribution in [0.15, 0.2) is 0 Å². The normalized spacial score (nSPS) is 20.1. The lowest BCUT2D eigenvalue weighted by molar-refractivity contribution is 0.335. The van der Waals surface area contributed by atoms with Gasteiger partial charge in [-0.05, 0) is 18.8 Å². The molecule has 1 aliphatic carbocycles. The summed E-state index contributed by atoms with van der Waals surface area (Å²) in [6.07, 6.45) is 16.7. The first-order chi connectivity index (χ1) is 8.36. The summed E-state index contributed by atoms with van der Waals surface area (Å²) in [5.74, 6) is 6.63. The number of nitrogens with one attached hydrogen (secondary N) is 1. The van der Waals surface area contributed by atoms with Gasteiger partial charge < -0.3 is 0 Å². The van der Waals surface area contributed by atoms with E-state index in [1.165, 1.54) is 77.0 Å². The van der Waals surface area contributed by atoms with E-state index in [9.17, 15) is 0 Å². The second kappa shape index (κ2) is 9.90. The molecule has 0 amide bonds. The van der Waals surface area contributed by atoms with Crippen molar-refractivity contribution in [2.75, 3.05) is 0 Å². The summed E-state index contributed by atoms with van der Waals surface area (Å²) in [6, 6.07) is 0.565. The number of rotatable bonds is 8. The van der Waals surface area contributed by atoms with E-state index in [2.05, 4.69) is 12.3 Å². The van der Waals surface area contributed by atoms with Crippen LogP contribution in [0.5, 0.6) is 0 Å². The van der Waals surface area contributed by atoms with Crippen LogP contribution < -0.4 is 11.3 Å². The third-order valence-electron chi connectivity index (χ3n) is 4.23. The van der Waals surface area contributed by atoms with Crippen molar-refractivity contribution in [1.29, 1.82) is 0 Å². The van der Waals surface area contributed by atoms with E-state index in [1.807, 2.05) is 0 Å². The molecule has 1 fully saturated rings. The number of hydrazine groups is 1. The zero-order chi connectivity index (χ0) is 12.3. The second-order valence-corrected chi connectivity index (χ2v) is 5.81. The maximum Gasteiger partial charge on any atom is 0.0213 e. The van der Waals surface area contributed by atoms with Gasteiger partial charge in [0.15, 0.2) is 0 Å². The van der Waals surface area contributed by atoms with Crippen molar-refractivity contribution in [3.63, 3.8) is 0 Å². The molecule has 1 rings (SSSR count). The summed E-state index contributed by atoms with van der Waals surface area (Å²) in [6.45, 7) is 2.27. The van der Waals surface area contributed by atoms with Gasteiger partial charge >= 0.3 is 0 Å². The summed E-state index contributed by atoms with van der Waals surface area (Å²) >= 11 is 0. The summed E-state index contributed by atoms with van der Waals surface area (Å²) < 4.78 is 0. The Kier molecular flexibility index (Phi) is 8.72. The molecule has 1 aliphatic rings. The molecule has 1 saturated carbocycles. The van der Waals surface area contributed by atoms with Crippen LogP contribution in [0.25, 0.3) is 0 Å². The molecule has 0 aromatic heterocycles. The third-order valence-corrected chi connectivity index (χ3v) is 4.23. The summed E-state index contributed by atoms with van der Waals surface area (Å²) in [4.78, 5) is 0. The van der Waals surface area contributed by atoms with Crippen molar-refractivity contribution in [2.45, 2.75) is 90.0 Å². The Morgan fingerprint density at radius 3 is 2.35 bits per heavy atom. The lowest BCUT2D eigenvalue weighted by Crippen LogP contribution is -2.36. The number of nitrogens with two attached hydrogens (primary N) is 1. The highest BCUT2D eigenvalue weighted by Gasteiger charge is 2.16. The van der Waals surface area contributed by atoms with Gasteiger partial charge in [0.1, 0.15) is 0 Å². The standard InChI is InChI=1S/C15H32N2/c1-2-3-4-9-12-15(17-16)13-14-10-7-5-6-8-11-14/h14-15,17H,2-13,16H2,1H3. The molecule has 2 nitrogen and oxygen atoms in total. The minimum Gasteiger partial charge on any atom is -0.271 e. The van der Waals surface area contributed by atoms with Crippen LogP contribution in [0.2, 0.25) is 0 Å². The topological polar surface area (TPSA) is 38.0 Å². The molecule has 0 aromatic rings. The minimum absolute atomic E-state index is 0.565. The van der Waals surface area contributed by atoms with Gasteiger partial charge in [0.25, 0.3) is 0 Å². The quantitative estimate of drug-likeness (QED) is 0.289. The molecule has 3 N–H and O–H groups in total. The first-order valence-corrected chi connectivity index (χ1v) is 7.83. The van der Waals surface area contributed by atoms with E-state index in [4.69, 9.17) is 5.84 Å². The molecule has 0 heterocycles. The molecule has 0 saturated heterocycles. The van der Waals surface area contributed by atoms with Crippen molar-refractivity contribution < 1.29 is 0 Å². The smallest absolute Gasteiger partial charge is 0.0213 e. The molecule has 1 unspecified atom stereocenters. The fourth-order valence-electron chi connectivity index (χ4n) is 3.09. The minimum atomic E-state index is 0.565. The molecular formula is C15H32N2. The van der Waals surface area contributed by atoms with Gasteiger partial charge in [-0.25, -0.2) is 0 Å². The zero-order valence-corrected chi connectivity index (χ0v) is 11.7. The van der Waals surface area contributed by atoms with E-state index >= 15 is 0 Å². The highest BCUT2D eigenvalue weighted by Crippen LogP contribution is 2.27. The largest absolute Gasteiger partial charge is 0.271 e. The van der Waals surface area contributed by atoms with Crippen molar-refractivity contribution in [1.82, 2.24) is 5.43 Å². The van der Waals surface area contributed by atoms with E-state index in [-0.39, 0.29) is 0 Å². The molecule has 1 atom stereocenters. The van der Waals surface area contributed by atoms with Crippen LogP contribution in [0, 0.1) is 5.92 Å². The molecule has 0 aromatic carbocycles. The first kappa shape index (κ1) is 15.0. The molecule has 17 heavy (non-hydrogen) atoms. The van der Waals surface area contributed by atoms with Crippen LogP contribution in [0.3, 0.4) is 0 Å². The predicted octanol–water partition coefficient (Wildman–Crippen LogP) is 4.15. The molecular weight excluding hydrogens is 208 g/mol. The average Bonchev–Trinajstić information content (AvgIpc) is 2.61. The Hall–Kier alpha value is -0.0800. The molecule has 0 spiro atoms. The maximum atomic E-state index is 5.69. The summed E-state index contributed by atoms with van der Waals surface area (Å²) in [5.41, 5.74) is 3.05. The number of unbranched alkanes of at least 4 members (excludes halogenated alkanes) is 3. The Balaban J connectivity index is 2.15. The van der Waals surface area contributed by atoms with Crippen LogP contribution in [-0.4, -0.2) is 6.04 Å². The Morgan fingerprint density at radius 2 is 1.76 bits per heavy atom. The van der Waals surface area contributed by atoms with Gasteiger partial charge in [-0.2, -0.15) is 0 Å². The van der Waals surface area contributed by atoms with Crippen molar-refractivity contribution in [3.8, 4) is 0 Å². The third kappa shape index (κ3) is 7.05. The summed E-state index contributed by atoms with van der Waals surface area (Å²) in [5, 5.41) is 0. The molecule has 102 valence electrons. The SMILES string of the molecule is CCCCCCC(CC1CCCCCC1)NN. The van der Waals surface area contributed by atoms with Gasteiger partial charge in [-0.15, -0.1) is 0 Å². The summed E-state index contributed by atoms with van der Waals surface area (Å²) in [7, 11) is 0. The first-order valence-electron chi connectivity index (χ1n) is 7.83. The Morgan fingerprint density at radius 1 is 1.06 bits per heavy atom. The number of hydrogen-bond donors (Lipinski definition) is 2. The van der Waals surface area contributed by atoms with Gasteiger partial charge in [0, 0.05) is 6.04 Å². The van der Waals surface area contributed by atoms with Crippen molar-refractivity contribution in [3.05, 3.63) is 0 Å². The van der Waals surface area contributed by atoms with Gasteiger partial charge in [-0.3, -0.25) is 11.3 Å². The zero-order valence-electron chi connectivity index (χ0n) is 11.7. The monoisotopic (exact) mass is 240 g/mol. The van der Waals surface area contributed by atoms with E-state index in [0.717, 1.165) is 5.92 Å². The molecule has 0 aliphatic heterocycles. The Labute approximate surface area is 108 Å². The van der Waals surface area contributed by atoms with Crippen LogP contribution in [0.1, 0.15) is 84.0 Å². The highest BCUT2D eigenvalue weighted by atomic mass is 15.2. The van der Waals surface area contributed by atoms with Crippen LogP contribution in [0.4, 0.5) is 0 Å². The number of hydrogen-bond acceptors (Lipinski definition) is 2. The van der Waals surface area contributed by atoms with Crippen molar-refractivity contribution >= 4 is 0 Å². The fourth-order valence-corrected chi connectivity index (χ4v) is 3.09. The molecule has 0 radical (unpaired) electrons. The van der Waals surface area contributed by atoms with Gasteiger partial charge in [-0.1, -0.05) is 71.1 Å². The van der Waals surface area contributed by atoms with E-state index in [1.54, 1.807) is 0 Å². The van der Waals surface area contributed by atoms with Crippen LogP contribution >= 0.6 is 0 Å². The average molecular weight is 240 g/mol. The lowest BCUT2D eigenvalue weighted by atomic mass is 9.90. The molecule has 0 bridgehead atoms. The van der Waals surface area contributed by atoms with Crippen LogP contribution in [-0.2, 0) is 0 Å². The van der Waals surface area contributed by atoms with E-state index < -0.39 is 0 Å². The molecule has 2 heteroatoms. The Bertz CT molecular complexity index is 162. The maximum absolute atomic E-state index is 5.69. The van der Waals surface area contributed by atoms with Gasteiger partial charge in [0.05, 0.1) is 0 Å². The van der Waals surface area contributed by atoms with Gasteiger partial charge in [0.2, 0.25) is 0 Å². The van der Waals surface area contributed by atoms with E-state index in [0.29, 0.717) is 6.04 Å². The predicted molar refractivity (Wildman–Crippen MR) is 75.7 cm³/mol.